The molecule has 0 amide bonds. The molecule has 1 aromatic heterocycles. The molecule has 0 bridgehead atoms. The highest BCUT2D eigenvalue weighted by Crippen LogP contribution is 2.38. The monoisotopic (exact) mass is 245 g/mol. The Morgan fingerprint density at radius 1 is 1.44 bits per heavy atom. The molecule has 1 aromatic carbocycles. The van der Waals surface area contributed by atoms with Crippen molar-refractivity contribution in [1.29, 1.82) is 0 Å². The molecule has 3 rings (SSSR count). The van der Waals surface area contributed by atoms with E-state index >= 15 is 0 Å². The van der Waals surface area contributed by atoms with E-state index in [1.54, 1.807) is 0 Å². The molecule has 3 N–H and O–H groups in total. The second-order valence-corrected chi connectivity index (χ2v) is 5.31. The molecule has 0 spiro atoms. The fourth-order valence-electron chi connectivity index (χ4n) is 2.52. The van der Waals surface area contributed by atoms with Crippen molar-refractivity contribution in [2.75, 3.05) is 0 Å². The van der Waals surface area contributed by atoms with Crippen LogP contribution in [0.5, 0.6) is 0 Å². The van der Waals surface area contributed by atoms with E-state index in [-0.39, 0.29) is 6.04 Å². The molecule has 0 radical (unpaired) electrons. The molecule has 4 heteroatoms. The highest BCUT2D eigenvalue weighted by molar-refractivity contribution is 5.77. The smallest absolute Gasteiger partial charge is 0.106 e. The Labute approximate surface area is 106 Å². The number of rotatable bonds is 3. The van der Waals surface area contributed by atoms with Gasteiger partial charge in [-0.15, -0.1) is 0 Å². The lowest BCUT2D eigenvalue weighted by Gasteiger charge is -2.14. The highest BCUT2D eigenvalue weighted by atomic mass is 16.3. The molecule has 1 fully saturated rings. The van der Waals surface area contributed by atoms with Crippen molar-refractivity contribution < 1.29 is 5.11 Å². The number of benzene rings is 1. The molecular weight excluding hydrogens is 226 g/mol. The average molecular weight is 245 g/mol. The van der Waals surface area contributed by atoms with Gasteiger partial charge in [0.25, 0.3) is 0 Å². The van der Waals surface area contributed by atoms with Crippen molar-refractivity contribution in [3.63, 3.8) is 0 Å². The van der Waals surface area contributed by atoms with Crippen LogP contribution in [0.3, 0.4) is 0 Å². The summed E-state index contributed by atoms with van der Waals surface area (Å²) in [5.41, 5.74) is 8.69. The molecule has 2 aromatic rings. The Balaban J connectivity index is 2.08. The molecule has 1 aliphatic rings. The average Bonchev–Trinajstić information content (AvgIpc) is 3.10. The van der Waals surface area contributed by atoms with Gasteiger partial charge in [-0.05, 0) is 44.4 Å². The van der Waals surface area contributed by atoms with Gasteiger partial charge in [0, 0.05) is 12.1 Å². The normalized spacial score (nSPS) is 19.1. The Bertz CT molecular complexity index is 584. The third-order valence-corrected chi connectivity index (χ3v) is 3.64. The van der Waals surface area contributed by atoms with Crippen LogP contribution < -0.4 is 5.73 Å². The van der Waals surface area contributed by atoms with Crippen LogP contribution in [0.25, 0.3) is 11.0 Å². The van der Waals surface area contributed by atoms with Crippen LogP contribution in [0.4, 0.5) is 0 Å². The van der Waals surface area contributed by atoms with Crippen LogP contribution in [0, 0.1) is 6.92 Å². The van der Waals surface area contributed by atoms with E-state index in [0.29, 0.717) is 6.04 Å². The van der Waals surface area contributed by atoms with E-state index in [0.717, 1.165) is 22.4 Å². The van der Waals surface area contributed by atoms with Crippen molar-refractivity contribution in [3.05, 3.63) is 29.6 Å². The third-order valence-electron chi connectivity index (χ3n) is 3.64. The maximum Gasteiger partial charge on any atom is 0.106 e. The molecular formula is C14H19N3O. The number of aryl methyl sites for hydroxylation is 1. The fourth-order valence-corrected chi connectivity index (χ4v) is 2.52. The first-order valence-electron chi connectivity index (χ1n) is 6.50. The number of fused-ring (bicyclic) bond motifs is 1. The molecule has 1 saturated carbocycles. The topological polar surface area (TPSA) is 64.1 Å². The number of hydrogen-bond acceptors (Lipinski definition) is 3. The quantitative estimate of drug-likeness (QED) is 0.870. The van der Waals surface area contributed by atoms with Crippen LogP contribution in [0.2, 0.25) is 0 Å². The zero-order chi connectivity index (χ0) is 12.9. The number of aromatic nitrogens is 2. The lowest BCUT2D eigenvalue weighted by Crippen LogP contribution is -2.24. The molecule has 1 aliphatic carbocycles. The van der Waals surface area contributed by atoms with Crippen LogP contribution in [0.1, 0.15) is 43.3 Å². The lowest BCUT2D eigenvalue weighted by molar-refractivity contribution is 0.153. The summed E-state index contributed by atoms with van der Waals surface area (Å²) in [5, 5.41) is 10.00. The van der Waals surface area contributed by atoms with Crippen LogP contribution in [-0.4, -0.2) is 20.7 Å². The van der Waals surface area contributed by atoms with Crippen molar-refractivity contribution >= 4 is 11.0 Å². The number of nitrogens with two attached hydrogens (primary N) is 1. The van der Waals surface area contributed by atoms with E-state index < -0.39 is 6.10 Å². The first-order chi connectivity index (χ1) is 8.58. The maximum absolute atomic E-state index is 10.00. The molecule has 1 heterocycles. The van der Waals surface area contributed by atoms with Gasteiger partial charge in [0.2, 0.25) is 0 Å². The second-order valence-electron chi connectivity index (χ2n) is 5.31. The first-order valence-corrected chi connectivity index (χ1v) is 6.50. The summed E-state index contributed by atoms with van der Waals surface area (Å²) < 4.78 is 2.30. The van der Waals surface area contributed by atoms with Gasteiger partial charge in [-0.2, -0.15) is 0 Å². The standard InChI is InChI=1S/C14H19N3O/c1-8(15)14(18)10-3-6-13-12(7-10)16-9(2)17(13)11-4-5-11/h3,6-8,11,14,18H,4-5,15H2,1-2H3. The molecule has 0 saturated heterocycles. The van der Waals surface area contributed by atoms with Gasteiger partial charge >= 0.3 is 0 Å². The van der Waals surface area contributed by atoms with Crippen LogP contribution in [-0.2, 0) is 0 Å². The summed E-state index contributed by atoms with van der Waals surface area (Å²) in [6.07, 6.45) is 1.87. The molecule has 2 atom stereocenters. The minimum absolute atomic E-state index is 0.269. The Morgan fingerprint density at radius 2 is 2.17 bits per heavy atom. The SMILES string of the molecule is Cc1nc2cc(C(O)C(C)N)ccc2n1C1CC1. The summed E-state index contributed by atoms with van der Waals surface area (Å²) >= 11 is 0. The number of hydrogen-bond donors (Lipinski definition) is 2. The van der Waals surface area contributed by atoms with E-state index in [2.05, 4.69) is 15.6 Å². The number of nitrogens with zero attached hydrogens (tertiary/aromatic N) is 2. The van der Waals surface area contributed by atoms with E-state index in [1.807, 2.05) is 26.0 Å². The minimum atomic E-state index is -0.624. The summed E-state index contributed by atoms with van der Waals surface area (Å²) in [7, 11) is 0. The van der Waals surface area contributed by atoms with E-state index in [4.69, 9.17) is 5.73 Å². The Kier molecular flexibility index (Phi) is 2.64. The van der Waals surface area contributed by atoms with E-state index in [1.165, 1.54) is 12.8 Å². The Hall–Kier alpha value is -1.39. The summed E-state index contributed by atoms with van der Waals surface area (Å²) in [4.78, 5) is 4.59. The van der Waals surface area contributed by atoms with Crippen molar-refractivity contribution in [2.45, 2.75) is 44.9 Å². The van der Waals surface area contributed by atoms with Gasteiger partial charge in [0.05, 0.1) is 17.1 Å². The predicted molar refractivity (Wildman–Crippen MR) is 71.4 cm³/mol. The highest BCUT2D eigenvalue weighted by Gasteiger charge is 2.27. The van der Waals surface area contributed by atoms with Gasteiger partial charge < -0.3 is 15.4 Å². The molecule has 2 unspecified atom stereocenters. The Morgan fingerprint density at radius 3 is 2.78 bits per heavy atom. The zero-order valence-corrected chi connectivity index (χ0v) is 10.8. The largest absolute Gasteiger partial charge is 0.387 e. The number of aliphatic hydroxyl groups is 1. The fraction of sp³-hybridized carbons (Fsp3) is 0.500. The van der Waals surface area contributed by atoms with Crippen LogP contribution in [0.15, 0.2) is 18.2 Å². The van der Waals surface area contributed by atoms with Crippen molar-refractivity contribution in [2.24, 2.45) is 5.73 Å². The second kappa shape index (κ2) is 4.07. The summed E-state index contributed by atoms with van der Waals surface area (Å²) in [6.45, 7) is 3.85. The number of aliphatic hydroxyl groups excluding tert-OH is 1. The third kappa shape index (κ3) is 1.82. The van der Waals surface area contributed by atoms with Crippen molar-refractivity contribution in [3.8, 4) is 0 Å². The van der Waals surface area contributed by atoms with Gasteiger partial charge in [0.1, 0.15) is 5.82 Å². The number of imidazole rings is 1. The van der Waals surface area contributed by atoms with Gasteiger partial charge in [-0.1, -0.05) is 6.07 Å². The van der Waals surface area contributed by atoms with Gasteiger partial charge in [-0.3, -0.25) is 0 Å². The summed E-state index contributed by atoms with van der Waals surface area (Å²) in [6, 6.07) is 6.31. The molecule has 96 valence electrons. The zero-order valence-electron chi connectivity index (χ0n) is 10.8. The minimum Gasteiger partial charge on any atom is -0.387 e. The summed E-state index contributed by atoms with van der Waals surface area (Å²) in [5.74, 6) is 1.06. The van der Waals surface area contributed by atoms with Gasteiger partial charge in [-0.25, -0.2) is 4.98 Å². The first kappa shape index (κ1) is 11.7. The predicted octanol–water partition coefficient (Wildman–Crippen LogP) is 2.06. The van der Waals surface area contributed by atoms with Crippen molar-refractivity contribution in [1.82, 2.24) is 9.55 Å². The van der Waals surface area contributed by atoms with Gasteiger partial charge in [0.15, 0.2) is 0 Å². The molecule has 0 aliphatic heterocycles. The lowest BCUT2D eigenvalue weighted by atomic mass is 10.0. The van der Waals surface area contributed by atoms with E-state index in [9.17, 15) is 5.11 Å². The molecule has 18 heavy (non-hydrogen) atoms. The van der Waals surface area contributed by atoms with Crippen LogP contribution >= 0.6 is 0 Å². The maximum atomic E-state index is 10.00. The molecule has 4 nitrogen and oxygen atoms in total.